The Balaban J connectivity index is 2.42. The van der Waals surface area contributed by atoms with Crippen LogP contribution in [0.2, 0.25) is 0 Å². The molecule has 28 heavy (non-hydrogen) atoms. The first-order valence-electron chi connectivity index (χ1n) is 9.19. The van der Waals surface area contributed by atoms with Crippen LogP contribution in [0, 0.1) is 0 Å². The van der Waals surface area contributed by atoms with Gasteiger partial charge in [0.2, 0.25) is 0 Å². The number of hydrogen-bond acceptors (Lipinski definition) is 4. The second-order valence-corrected chi connectivity index (χ2v) is 8.99. The van der Waals surface area contributed by atoms with Gasteiger partial charge < -0.3 is 10.4 Å². The zero-order valence-corrected chi connectivity index (χ0v) is 17.2. The minimum Gasteiger partial charge on any atom is -0.507 e. The normalized spacial score (nSPS) is 13.0. The number of nitrogens with zero attached hydrogens (tertiary/aromatic N) is 2. The van der Waals surface area contributed by atoms with E-state index in [4.69, 9.17) is 0 Å². The first-order valence-corrected chi connectivity index (χ1v) is 9.19. The van der Waals surface area contributed by atoms with Crippen molar-refractivity contribution in [3.63, 3.8) is 0 Å². The number of alkyl halides is 3. The van der Waals surface area contributed by atoms with E-state index in [1.54, 1.807) is 12.1 Å². The average Bonchev–Trinajstić information content (AvgIpc) is 2.52. The molecular weight excluding hydrogens is 367 g/mol. The first-order chi connectivity index (χ1) is 12.7. The summed E-state index contributed by atoms with van der Waals surface area (Å²) in [7, 11) is 0. The third-order valence-electron chi connectivity index (χ3n) is 4.30. The molecule has 0 saturated carbocycles. The fourth-order valence-electron chi connectivity index (χ4n) is 2.93. The maximum absolute atomic E-state index is 12.7. The van der Waals surface area contributed by atoms with Crippen molar-refractivity contribution < 1.29 is 18.3 Å². The van der Waals surface area contributed by atoms with E-state index in [2.05, 4.69) is 56.8 Å². The van der Waals surface area contributed by atoms with Crippen molar-refractivity contribution in [2.24, 2.45) is 0 Å². The molecule has 0 aliphatic heterocycles. The van der Waals surface area contributed by atoms with Gasteiger partial charge in [0.25, 0.3) is 0 Å². The van der Waals surface area contributed by atoms with Crippen LogP contribution in [0.3, 0.4) is 0 Å². The minimum atomic E-state index is -4.55. The molecule has 7 heteroatoms. The van der Waals surface area contributed by atoms with Crippen LogP contribution in [-0.2, 0) is 18.0 Å². The molecule has 0 atom stereocenters. The summed E-state index contributed by atoms with van der Waals surface area (Å²) < 4.78 is 38.2. The summed E-state index contributed by atoms with van der Waals surface area (Å²) in [5, 5.41) is 13.9. The number of hydrogen-bond donors (Lipinski definition) is 2. The molecule has 1 heterocycles. The number of rotatable bonds is 4. The Bertz CT molecular complexity index is 817. The molecule has 0 unspecified atom stereocenters. The molecule has 0 amide bonds. The van der Waals surface area contributed by atoms with Crippen LogP contribution in [-0.4, -0.2) is 27.2 Å². The number of phenols is 1. The second-order valence-electron chi connectivity index (χ2n) is 8.99. The van der Waals surface area contributed by atoms with Gasteiger partial charge in [0.15, 0.2) is 5.69 Å². The molecule has 0 aliphatic rings. The molecular formula is C21H28F3N3O. The van der Waals surface area contributed by atoms with Gasteiger partial charge in [0.05, 0.1) is 18.1 Å². The number of nitrogens with one attached hydrogen (secondary N) is 1. The van der Waals surface area contributed by atoms with Gasteiger partial charge in [-0.05, 0) is 62.4 Å². The fourth-order valence-corrected chi connectivity index (χ4v) is 2.93. The third kappa shape index (κ3) is 5.67. The molecule has 0 saturated heterocycles. The Hall–Kier alpha value is -2.15. The van der Waals surface area contributed by atoms with Crippen LogP contribution in [0.1, 0.15) is 58.4 Å². The molecule has 0 fully saturated rings. The maximum Gasteiger partial charge on any atom is 0.434 e. The summed E-state index contributed by atoms with van der Waals surface area (Å²) >= 11 is 0. The molecule has 0 radical (unpaired) electrons. The van der Waals surface area contributed by atoms with Crippen LogP contribution in [0.4, 0.5) is 13.2 Å². The SMILES string of the molecule is CC(C)(C)NCCc1cc(O)c(-c2cnc(C(F)(F)F)cn2)cc1C(C)(C)C. The highest BCUT2D eigenvalue weighted by Crippen LogP contribution is 2.37. The summed E-state index contributed by atoms with van der Waals surface area (Å²) in [6.45, 7) is 13.2. The maximum atomic E-state index is 12.7. The van der Waals surface area contributed by atoms with E-state index in [0.717, 1.165) is 30.3 Å². The number of halogens is 3. The summed E-state index contributed by atoms with van der Waals surface area (Å²) in [5.74, 6) is -0.0205. The van der Waals surface area contributed by atoms with E-state index < -0.39 is 11.9 Å². The predicted molar refractivity (Wildman–Crippen MR) is 104 cm³/mol. The average molecular weight is 395 g/mol. The Labute approximate surface area is 164 Å². The largest absolute Gasteiger partial charge is 0.507 e. The topological polar surface area (TPSA) is 58.0 Å². The molecule has 4 nitrogen and oxygen atoms in total. The fraction of sp³-hybridized carbons (Fsp3) is 0.524. The van der Waals surface area contributed by atoms with Crippen LogP contribution in [0.25, 0.3) is 11.3 Å². The number of phenolic OH excluding ortho intramolecular Hbond substituents is 1. The smallest absolute Gasteiger partial charge is 0.434 e. The molecule has 2 aromatic rings. The molecule has 0 aliphatic carbocycles. The summed E-state index contributed by atoms with van der Waals surface area (Å²) in [6.07, 6.45) is -2.09. The molecule has 0 spiro atoms. The first kappa shape index (κ1) is 22.1. The highest BCUT2D eigenvalue weighted by atomic mass is 19.4. The van der Waals surface area contributed by atoms with Gasteiger partial charge >= 0.3 is 6.18 Å². The lowest BCUT2D eigenvalue weighted by Crippen LogP contribution is -2.37. The van der Waals surface area contributed by atoms with E-state index >= 15 is 0 Å². The lowest BCUT2D eigenvalue weighted by Gasteiger charge is -2.26. The lowest BCUT2D eigenvalue weighted by atomic mass is 9.81. The molecule has 1 aromatic carbocycles. The number of benzene rings is 1. The number of aromatic nitrogens is 2. The van der Waals surface area contributed by atoms with Gasteiger partial charge in [-0.15, -0.1) is 0 Å². The number of aromatic hydroxyl groups is 1. The van der Waals surface area contributed by atoms with Crippen molar-refractivity contribution in [2.75, 3.05) is 6.54 Å². The zero-order chi connectivity index (χ0) is 21.3. The van der Waals surface area contributed by atoms with E-state index in [1.807, 2.05) is 0 Å². The van der Waals surface area contributed by atoms with Gasteiger partial charge in [0, 0.05) is 11.1 Å². The quantitative estimate of drug-likeness (QED) is 0.757. The minimum absolute atomic E-state index is 0.0142. The van der Waals surface area contributed by atoms with Crippen molar-refractivity contribution in [2.45, 2.75) is 65.1 Å². The van der Waals surface area contributed by atoms with Gasteiger partial charge in [-0.3, -0.25) is 4.98 Å². The highest BCUT2D eigenvalue weighted by Gasteiger charge is 2.33. The van der Waals surface area contributed by atoms with Gasteiger partial charge in [-0.2, -0.15) is 13.2 Å². The van der Waals surface area contributed by atoms with Crippen molar-refractivity contribution in [3.8, 4) is 17.0 Å². The Morgan fingerprint density at radius 1 is 0.964 bits per heavy atom. The standard InChI is InChI=1S/C21H28F3N3O/c1-19(2,3)15-10-14(16-11-26-18(12-25-16)21(22,23)24)17(28)9-13(15)7-8-27-20(4,5)6/h9-12,27-28H,7-8H2,1-6H3. The van der Waals surface area contributed by atoms with Crippen molar-refractivity contribution in [1.29, 1.82) is 0 Å². The second kappa shape index (κ2) is 7.70. The monoisotopic (exact) mass is 395 g/mol. The predicted octanol–water partition coefficient (Wildman–Crippen LogP) is 5.10. The third-order valence-corrected chi connectivity index (χ3v) is 4.30. The van der Waals surface area contributed by atoms with Crippen molar-refractivity contribution in [3.05, 3.63) is 41.3 Å². The van der Waals surface area contributed by atoms with Crippen molar-refractivity contribution in [1.82, 2.24) is 15.3 Å². The van der Waals surface area contributed by atoms with Gasteiger partial charge in [0.1, 0.15) is 5.75 Å². The zero-order valence-electron chi connectivity index (χ0n) is 17.2. The summed E-state index contributed by atoms with van der Waals surface area (Å²) in [4.78, 5) is 7.32. The molecule has 1 aromatic heterocycles. The van der Waals surface area contributed by atoms with Crippen molar-refractivity contribution >= 4 is 0 Å². The Morgan fingerprint density at radius 3 is 2.07 bits per heavy atom. The van der Waals surface area contributed by atoms with Crippen LogP contribution in [0.15, 0.2) is 24.5 Å². The lowest BCUT2D eigenvalue weighted by molar-refractivity contribution is -0.141. The van der Waals surface area contributed by atoms with Gasteiger partial charge in [-0.1, -0.05) is 20.8 Å². The van der Waals surface area contributed by atoms with E-state index in [0.29, 0.717) is 11.8 Å². The Morgan fingerprint density at radius 2 is 1.61 bits per heavy atom. The van der Waals surface area contributed by atoms with E-state index in [9.17, 15) is 18.3 Å². The van der Waals surface area contributed by atoms with E-state index in [-0.39, 0.29) is 22.4 Å². The van der Waals surface area contributed by atoms with Crippen LogP contribution in [0.5, 0.6) is 5.75 Å². The molecule has 2 N–H and O–H groups in total. The van der Waals surface area contributed by atoms with Crippen LogP contribution < -0.4 is 5.32 Å². The summed E-state index contributed by atoms with van der Waals surface area (Å²) in [6, 6.07) is 3.48. The van der Waals surface area contributed by atoms with Gasteiger partial charge in [-0.25, -0.2) is 4.98 Å². The molecule has 0 bridgehead atoms. The summed E-state index contributed by atoms with van der Waals surface area (Å²) in [5.41, 5.74) is 1.30. The molecule has 2 rings (SSSR count). The van der Waals surface area contributed by atoms with E-state index in [1.165, 1.54) is 0 Å². The highest BCUT2D eigenvalue weighted by molar-refractivity contribution is 5.68. The molecule has 154 valence electrons. The van der Waals surface area contributed by atoms with Crippen LogP contribution >= 0.6 is 0 Å². The Kier molecular flexibility index (Phi) is 6.09.